The van der Waals surface area contributed by atoms with Crippen molar-refractivity contribution in [3.63, 3.8) is 0 Å². The topological polar surface area (TPSA) is 55.4 Å². The number of rotatable bonds is 4. The lowest BCUT2D eigenvalue weighted by atomic mass is 10.4. The maximum atomic E-state index is 11.7. The van der Waals surface area contributed by atoms with Gasteiger partial charge in [0.25, 0.3) is 10.0 Å². The second-order valence-electron chi connectivity index (χ2n) is 3.01. The van der Waals surface area contributed by atoms with Crippen molar-refractivity contribution in [1.29, 1.82) is 0 Å². The summed E-state index contributed by atoms with van der Waals surface area (Å²) in [5.74, 6) is 0. The molecule has 17 heavy (non-hydrogen) atoms. The van der Waals surface area contributed by atoms with E-state index in [-0.39, 0.29) is 4.21 Å². The van der Waals surface area contributed by atoms with Crippen LogP contribution in [0.2, 0.25) is 0 Å². The minimum Gasteiger partial charge on any atom is -0.277 e. The third kappa shape index (κ3) is 4.54. The van der Waals surface area contributed by atoms with Crippen molar-refractivity contribution in [3.8, 4) is 0 Å². The molecule has 0 radical (unpaired) electrons. The van der Waals surface area contributed by atoms with Gasteiger partial charge in [0, 0.05) is 0 Å². The zero-order chi connectivity index (χ0) is 13.3. The van der Waals surface area contributed by atoms with Crippen LogP contribution >= 0.6 is 27.3 Å². The number of sulfonamides is 1. The molecule has 0 atom stereocenters. The zero-order valence-electron chi connectivity index (χ0n) is 8.34. The van der Waals surface area contributed by atoms with Gasteiger partial charge >= 0.3 is 6.18 Å². The van der Waals surface area contributed by atoms with Gasteiger partial charge in [0.2, 0.25) is 0 Å². The van der Waals surface area contributed by atoms with Crippen LogP contribution in [0.25, 0.3) is 0 Å². The van der Waals surface area contributed by atoms with Crippen LogP contribution in [0.4, 0.5) is 13.2 Å². The first-order valence-corrected chi connectivity index (χ1v) is 7.17. The SMILES string of the molecule is Cc1cc(S(=O)(=O)NOCC(F)(F)F)sc1Br. The monoisotopic (exact) mass is 353 g/mol. The van der Waals surface area contributed by atoms with Crippen LogP contribution in [-0.4, -0.2) is 21.2 Å². The van der Waals surface area contributed by atoms with Gasteiger partial charge in [-0.25, -0.2) is 8.42 Å². The number of thiophene rings is 1. The molecule has 1 aromatic heterocycles. The molecule has 0 spiro atoms. The highest BCUT2D eigenvalue weighted by Crippen LogP contribution is 2.30. The highest BCUT2D eigenvalue weighted by molar-refractivity contribution is 9.11. The van der Waals surface area contributed by atoms with Gasteiger partial charge in [-0.05, 0) is 34.5 Å². The Morgan fingerprint density at radius 2 is 2.12 bits per heavy atom. The maximum Gasteiger partial charge on any atom is 0.413 e. The summed E-state index contributed by atoms with van der Waals surface area (Å²) in [4.78, 5) is 5.31. The number of hydrogen-bond acceptors (Lipinski definition) is 4. The standard InChI is InChI=1S/C7H7BrF3NO3S2/c1-4-2-5(16-6(4)8)17(13,14)12-15-3-7(9,10)11/h2,12H,3H2,1H3. The summed E-state index contributed by atoms with van der Waals surface area (Å²) in [6, 6.07) is 1.33. The Bertz CT molecular complexity index is 477. The van der Waals surface area contributed by atoms with Crippen molar-refractivity contribution >= 4 is 37.3 Å². The zero-order valence-corrected chi connectivity index (χ0v) is 11.6. The van der Waals surface area contributed by atoms with E-state index >= 15 is 0 Å². The second kappa shape index (κ2) is 5.22. The van der Waals surface area contributed by atoms with E-state index in [0.717, 1.165) is 11.3 Å². The smallest absolute Gasteiger partial charge is 0.277 e. The molecule has 4 nitrogen and oxygen atoms in total. The molecule has 0 saturated carbocycles. The van der Waals surface area contributed by atoms with E-state index in [0.29, 0.717) is 9.35 Å². The summed E-state index contributed by atoms with van der Waals surface area (Å²) >= 11 is 4.00. The molecule has 0 saturated heterocycles. The van der Waals surface area contributed by atoms with Crippen LogP contribution in [0.5, 0.6) is 0 Å². The molecule has 10 heteroatoms. The van der Waals surface area contributed by atoms with E-state index in [9.17, 15) is 21.6 Å². The van der Waals surface area contributed by atoms with Crippen LogP contribution in [-0.2, 0) is 14.9 Å². The number of hydrogen-bond donors (Lipinski definition) is 1. The van der Waals surface area contributed by atoms with E-state index in [1.807, 2.05) is 0 Å². The summed E-state index contributed by atoms with van der Waals surface area (Å²) in [7, 11) is -4.07. The van der Waals surface area contributed by atoms with Crippen LogP contribution < -0.4 is 4.89 Å². The molecule has 1 N–H and O–H groups in total. The molecule has 0 fully saturated rings. The van der Waals surface area contributed by atoms with Gasteiger partial charge in [-0.2, -0.15) is 13.2 Å². The molecular weight excluding hydrogens is 347 g/mol. The van der Waals surface area contributed by atoms with Gasteiger partial charge in [-0.1, -0.05) is 4.89 Å². The largest absolute Gasteiger partial charge is 0.413 e. The molecule has 1 rings (SSSR count). The highest BCUT2D eigenvalue weighted by Gasteiger charge is 2.29. The molecule has 0 unspecified atom stereocenters. The highest BCUT2D eigenvalue weighted by atomic mass is 79.9. The third-order valence-electron chi connectivity index (χ3n) is 1.50. The van der Waals surface area contributed by atoms with Crippen LogP contribution in [0.1, 0.15) is 5.56 Å². The second-order valence-corrected chi connectivity index (χ2v) is 7.25. The van der Waals surface area contributed by atoms with Crippen LogP contribution in [0.3, 0.4) is 0 Å². The van der Waals surface area contributed by atoms with Crippen molar-refractivity contribution in [2.45, 2.75) is 17.3 Å². The first kappa shape index (κ1) is 14.9. The summed E-state index contributed by atoms with van der Waals surface area (Å²) < 4.78 is 58.6. The van der Waals surface area contributed by atoms with Crippen LogP contribution in [0.15, 0.2) is 14.1 Å². The minimum atomic E-state index is -4.59. The molecule has 0 bridgehead atoms. The third-order valence-corrected chi connectivity index (χ3v) is 5.33. The number of nitrogens with one attached hydrogen (secondary N) is 1. The van der Waals surface area contributed by atoms with Crippen molar-refractivity contribution in [1.82, 2.24) is 4.89 Å². The summed E-state index contributed by atoms with van der Waals surface area (Å²) in [6.45, 7) is -0.0199. The molecule has 98 valence electrons. The Labute approximate surface area is 108 Å². The summed E-state index contributed by atoms with van der Waals surface area (Å²) in [5, 5.41) is 0. The average Bonchev–Trinajstić information content (AvgIpc) is 2.45. The number of alkyl halides is 3. The first-order valence-electron chi connectivity index (χ1n) is 4.08. The van der Waals surface area contributed by atoms with E-state index in [1.54, 1.807) is 6.92 Å². The van der Waals surface area contributed by atoms with Gasteiger partial charge < -0.3 is 0 Å². The Morgan fingerprint density at radius 1 is 1.53 bits per heavy atom. The van der Waals surface area contributed by atoms with Gasteiger partial charge in [-0.3, -0.25) is 4.84 Å². The first-order chi connectivity index (χ1) is 7.62. The van der Waals surface area contributed by atoms with Crippen molar-refractivity contribution in [3.05, 3.63) is 15.4 Å². The lowest BCUT2D eigenvalue weighted by Crippen LogP contribution is -2.29. The maximum absolute atomic E-state index is 11.7. The average molecular weight is 354 g/mol. The lowest BCUT2D eigenvalue weighted by Gasteiger charge is -2.07. The fourth-order valence-corrected chi connectivity index (χ4v) is 3.80. The minimum absolute atomic E-state index is 0.121. The van der Waals surface area contributed by atoms with E-state index < -0.39 is 22.8 Å². The van der Waals surface area contributed by atoms with Gasteiger partial charge in [0.15, 0.2) is 6.61 Å². The predicted octanol–water partition coefficient (Wildman–Crippen LogP) is 2.59. The molecule has 0 aliphatic heterocycles. The van der Waals surface area contributed by atoms with E-state index in [1.165, 1.54) is 11.0 Å². The van der Waals surface area contributed by atoms with Crippen molar-refractivity contribution in [2.75, 3.05) is 6.61 Å². The molecular formula is C7H7BrF3NO3S2. The van der Waals surface area contributed by atoms with Crippen LogP contribution in [0, 0.1) is 6.92 Å². The lowest BCUT2D eigenvalue weighted by molar-refractivity contribution is -0.181. The van der Waals surface area contributed by atoms with E-state index in [4.69, 9.17) is 0 Å². The number of halogens is 4. The fraction of sp³-hybridized carbons (Fsp3) is 0.429. The molecule has 0 amide bonds. The Balaban J connectivity index is 2.70. The molecule has 0 aliphatic rings. The molecule has 1 heterocycles. The molecule has 0 aromatic carbocycles. The van der Waals surface area contributed by atoms with E-state index in [2.05, 4.69) is 20.8 Å². The fourth-order valence-electron chi connectivity index (χ4n) is 0.794. The Kier molecular flexibility index (Phi) is 4.58. The molecule has 0 aliphatic carbocycles. The summed E-state index contributed by atoms with van der Waals surface area (Å²) in [5.41, 5.74) is 0.672. The molecule has 1 aromatic rings. The Hall–Kier alpha value is -0.160. The number of aryl methyl sites for hydroxylation is 1. The van der Waals surface area contributed by atoms with Gasteiger partial charge in [-0.15, -0.1) is 11.3 Å². The quantitative estimate of drug-likeness (QED) is 0.846. The predicted molar refractivity (Wildman–Crippen MR) is 59.1 cm³/mol. The normalized spacial score (nSPS) is 13.0. The summed E-state index contributed by atoms with van der Waals surface area (Å²) in [6.07, 6.45) is -4.59. The van der Waals surface area contributed by atoms with Gasteiger partial charge in [0.1, 0.15) is 4.21 Å². The van der Waals surface area contributed by atoms with Gasteiger partial charge in [0.05, 0.1) is 3.79 Å². The van der Waals surface area contributed by atoms with Crippen molar-refractivity contribution < 1.29 is 26.4 Å². The Morgan fingerprint density at radius 3 is 2.53 bits per heavy atom. The van der Waals surface area contributed by atoms with Crippen molar-refractivity contribution in [2.24, 2.45) is 0 Å².